The van der Waals surface area contributed by atoms with E-state index in [2.05, 4.69) is 23.2 Å². The molecule has 1 unspecified atom stereocenters. The van der Waals surface area contributed by atoms with Gasteiger partial charge in [-0.3, -0.25) is 4.79 Å². The van der Waals surface area contributed by atoms with E-state index >= 15 is 0 Å². The molecule has 2 fully saturated rings. The predicted octanol–water partition coefficient (Wildman–Crippen LogP) is 4.44. The van der Waals surface area contributed by atoms with Crippen molar-refractivity contribution in [3.8, 4) is 16.9 Å². The smallest absolute Gasteiger partial charge is 0.226 e. The van der Waals surface area contributed by atoms with Crippen LogP contribution in [0.4, 0.5) is 4.39 Å². The molecule has 1 amide bonds. The third-order valence-electron chi connectivity index (χ3n) is 6.98. The zero-order valence-electron chi connectivity index (χ0n) is 19.7. The quantitative estimate of drug-likeness (QED) is 0.641. The molecule has 0 aromatic heterocycles. The molecule has 5 nitrogen and oxygen atoms in total. The highest BCUT2D eigenvalue weighted by Gasteiger charge is 2.40. The van der Waals surface area contributed by atoms with E-state index in [1.54, 1.807) is 13.2 Å². The summed E-state index contributed by atoms with van der Waals surface area (Å²) < 4.78 is 25.0. The van der Waals surface area contributed by atoms with Gasteiger partial charge in [-0.15, -0.1) is 0 Å². The molecule has 0 spiro atoms. The molecular weight excluding hydrogens is 419 g/mol. The Labute approximate surface area is 196 Å². The number of ether oxygens (including phenoxy) is 2. The number of carbonyl (C=O) groups is 1. The molecule has 6 heteroatoms. The van der Waals surface area contributed by atoms with E-state index in [0.717, 1.165) is 30.8 Å². The number of hydrogen-bond acceptors (Lipinski definition) is 4. The fraction of sp³-hybridized carbons (Fsp3) is 0.519. The van der Waals surface area contributed by atoms with Crippen LogP contribution in [-0.2, 0) is 16.0 Å². The lowest BCUT2D eigenvalue weighted by atomic mass is 9.74. The number of benzene rings is 2. The molecule has 4 rings (SSSR count). The number of likely N-dealkylation sites (tertiary alicyclic amines) is 1. The Kier molecular flexibility index (Phi) is 7.66. The molecule has 2 aromatic rings. The number of rotatable bonds is 8. The molecule has 0 bridgehead atoms. The molecule has 0 saturated carbocycles. The van der Waals surface area contributed by atoms with Crippen molar-refractivity contribution in [1.82, 2.24) is 10.2 Å². The standard InChI is InChI=1S/C27H35FN2O3/c1-20(19-30-12-3-4-13-30)29-26(31)27(10-14-33-15-11-27)18-21-6-5-7-22(16-21)24-17-23(28)8-9-25(24)32-2/h5-9,16-17,20H,3-4,10-15,18-19H2,1-2H3,(H,29,31). The number of methoxy groups -OCH3 is 1. The lowest BCUT2D eigenvalue weighted by Crippen LogP contribution is -2.51. The van der Waals surface area contributed by atoms with E-state index in [1.807, 2.05) is 18.2 Å². The number of hydrogen-bond donors (Lipinski definition) is 1. The van der Waals surface area contributed by atoms with Gasteiger partial charge < -0.3 is 19.7 Å². The minimum absolute atomic E-state index is 0.109. The van der Waals surface area contributed by atoms with Crippen LogP contribution < -0.4 is 10.1 Å². The van der Waals surface area contributed by atoms with Crippen molar-refractivity contribution >= 4 is 5.91 Å². The largest absolute Gasteiger partial charge is 0.496 e. The first-order valence-electron chi connectivity index (χ1n) is 12.0. The van der Waals surface area contributed by atoms with Gasteiger partial charge in [-0.25, -0.2) is 4.39 Å². The summed E-state index contributed by atoms with van der Waals surface area (Å²) in [5, 5.41) is 3.30. The van der Waals surface area contributed by atoms with Gasteiger partial charge in [0.2, 0.25) is 5.91 Å². The minimum atomic E-state index is -0.498. The third-order valence-corrected chi connectivity index (χ3v) is 6.98. The topological polar surface area (TPSA) is 50.8 Å². The molecule has 2 saturated heterocycles. The Balaban J connectivity index is 1.53. The molecule has 1 atom stereocenters. The van der Waals surface area contributed by atoms with E-state index in [9.17, 15) is 9.18 Å². The fourth-order valence-corrected chi connectivity index (χ4v) is 5.17. The third kappa shape index (κ3) is 5.74. The zero-order valence-corrected chi connectivity index (χ0v) is 19.7. The van der Waals surface area contributed by atoms with E-state index < -0.39 is 5.41 Å². The maximum Gasteiger partial charge on any atom is 0.226 e. The van der Waals surface area contributed by atoms with Gasteiger partial charge in [0.25, 0.3) is 0 Å². The van der Waals surface area contributed by atoms with Gasteiger partial charge in [0.15, 0.2) is 0 Å². The molecular formula is C27H35FN2O3. The van der Waals surface area contributed by atoms with E-state index in [4.69, 9.17) is 9.47 Å². The second-order valence-electron chi connectivity index (χ2n) is 9.50. The molecule has 2 aliphatic rings. The Morgan fingerprint density at radius 1 is 1.18 bits per heavy atom. The van der Waals surface area contributed by atoms with Gasteiger partial charge >= 0.3 is 0 Å². The summed E-state index contributed by atoms with van der Waals surface area (Å²) in [6, 6.07) is 12.7. The van der Waals surface area contributed by atoms with Crippen LogP contribution in [0.2, 0.25) is 0 Å². The number of halogens is 1. The van der Waals surface area contributed by atoms with E-state index in [0.29, 0.717) is 43.8 Å². The monoisotopic (exact) mass is 454 g/mol. The summed E-state index contributed by atoms with van der Waals surface area (Å²) in [4.78, 5) is 16.0. The second-order valence-corrected chi connectivity index (χ2v) is 9.50. The lowest BCUT2D eigenvalue weighted by molar-refractivity contribution is -0.137. The Morgan fingerprint density at radius 2 is 1.94 bits per heavy atom. The molecule has 2 aliphatic heterocycles. The maximum absolute atomic E-state index is 14.0. The number of amides is 1. The summed E-state index contributed by atoms with van der Waals surface area (Å²) in [5.41, 5.74) is 2.16. The van der Waals surface area contributed by atoms with Gasteiger partial charge in [-0.1, -0.05) is 24.3 Å². The predicted molar refractivity (Wildman–Crippen MR) is 128 cm³/mol. The Hall–Kier alpha value is -2.44. The highest BCUT2D eigenvalue weighted by Crippen LogP contribution is 2.37. The average molecular weight is 455 g/mol. The SMILES string of the molecule is COc1ccc(F)cc1-c1cccc(CC2(C(=O)NC(C)CN3CCCC3)CCOCC2)c1. The first-order chi connectivity index (χ1) is 16.0. The molecule has 178 valence electrons. The molecule has 1 N–H and O–H groups in total. The zero-order chi connectivity index (χ0) is 23.3. The second kappa shape index (κ2) is 10.7. The van der Waals surface area contributed by atoms with Crippen LogP contribution in [0.5, 0.6) is 5.75 Å². The van der Waals surface area contributed by atoms with Crippen LogP contribution in [0.1, 0.15) is 38.2 Å². The highest BCUT2D eigenvalue weighted by molar-refractivity contribution is 5.83. The fourth-order valence-electron chi connectivity index (χ4n) is 5.17. The van der Waals surface area contributed by atoms with Crippen molar-refractivity contribution in [1.29, 1.82) is 0 Å². The Morgan fingerprint density at radius 3 is 2.67 bits per heavy atom. The summed E-state index contributed by atoms with van der Waals surface area (Å²) in [6.45, 7) is 6.41. The van der Waals surface area contributed by atoms with Gasteiger partial charge in [0.1, 0.15) is 11.6 Å². The first kappa shape index (κ1) is 23.7. The molecule has 0 aliphatic carbocycles. The molecule has 33 heavy (non-hydrogen) atoms. The summed E-state index contributed by atoms with van der Waals surface area (Å²) in [7, 11) is 1.59. The maximum atomic E-state index is 14.0. The molecule has 0 radical (unpaired) electrons. The van der Waals surface area contributed by atoms with Crippen LogP contribution in [0.3, 0.4) is 0 Å². The van der Waals surface area contributed by atoms with Crippen molar-refractivity contribution in [2.24, 2.45) is 5.41 Å². The molecule has 2 aromatic carbocycles. The van der Waals surface area contributed by atoms with Crippen molar-refractivity contribution in [2.45, 2.75) is 45.1 Å². The Bertz CT molecular complexity index is 952. The highest BCUT2D eigenvalue weighted by atomic mass is 19.1. The van der Waals surface area contributed by atoms with Crippen molar-refractivity contribution in [3.05, 3.63) is 53.8 Å². The minimum Gasteiger partial charge on any atom is -0.496 e. The van der Waals surface area contributed by atoms with Crippen molar-refractivity contribution in [2.75, 3.05) is 40.0 Å². The van der Waals surface area contributed by atoms with Crippen molar-refractivity contribution in [3.63, 3.8) is 0 Å². The van der Waals surface area contributed by atoms with Crippen LogP contribution in [0, 0.1) is 11.2 Å². The van der Waals surface area contributed by atoms with Crippen LogP contribution in [-0.4, -0.2) is 56.8 Å². The van der Waals surface area contributed by atoms with Crippen LogP contribution in [0.25, 0.3) is 11.1 Å². The summed E-state index contributed by atoms with van der Waals surface area (Å²) in [6.07, 6.45) is 4.51. The molecule has 2 heterocycles. The van der Waals surface area contributed by atoms with Gasteiger partial charge in [-0.2, -0.15) is 0 Å². The van der Waals surface area contributed by atoms with Gasteiger partial charge in [0.05, 0.1) is 12.5 Å². The van der Waals surface area contributed by atoms with E-state index in [1.165, 1.54) is 25.0 Å². The average Bonchev–Trinajstić information content (AvgIpc) is 3.32. The van der Waals surface area contributed by atoms with Gasteiger partial charge in [-0.05, 0) is 81.4 Å². The van der Waals surface area contributed by atoms with E-state index in [-0.39, 0.29) is 17.8 Å². The lowest BCUT2D eigenvalue weighted by Gasteiger charge is -2.37. The van der Waals surface area contributed by atoms with Crippen LogP contribution in [0.15, 0.2) is 42.5 Å². The first-order valence-corrected chi connectivity index (χ1v) is 12.0. The van der Waals surface area contributed by atoms with Gasteiger partial charge in [0, 0.05) is 31.4 Å². The normalized spacial score (nSPS) is 19.2. The number of carbonyl (C=O) groups excluding carboxylic acids is 1. The number of nitrogens with zero attached hydrogens (tertiary/aromatic N) is 1. The van der Waals surface area contributed by atoms with Crippen molar-refractivity contribution < 1.29 is 18.7 Å². The number of nitrogens with one attached hydrogen (secondary N) is 1. The van der Waals surface area contributed by atoms with Crippen LogP contribution >= 0.6 is 0 Å². The summed E-state index contributed by atoms with van der Waals surface area (Å²) >= 11 is 0. The summed E-state index contributed by atoms with van der Waals surface area (Å²) in [5.74, 6) is 0.442.